The standard InChI is InChI=1S/C12H17IN2O/c1-3-4-10(14)12(16)15-11-6-5-9(13)7-8(11)2/h5-7,10H,3-4,14H2,1-2H3,(H,15,16). The molecule has 1 atom stereocenters. The average Bonchev–Trinajstić information content (AvgIpc) is 2.22. The molecule has 0 fully saturated rings. The second-order valence-electron chi connectivity index (χ2n) is 3.84. The topological polar surface area (TPSA) is 55.1 Å². The average molecular weight is 332 g/mol. The number of amides is 1. The van der Waals surface area contributed by atoms with Gasteiger partial charge in [-0.1, -0.05) is 13.3 Å². The minimum absolute atomic E-state index is 0.105. The fourth-order valence-electron chi connectivity index (χ4n) is 1.43. The quantitative estimate of drug-likeness (QED) is 0.833. The van der Waals surface area contributed by atoms with Crippen LogP contribution in [-0.4, -0.2) is 11.9 Å². The van der Waals surface area contributed by atoms with Crippen molar-refractivity contribution in [3.8, 4) is 0 Å². The van der Waals surface area contributed by atoms with Gasteiger partial charge in [-0.25, -0.2) is 0 Å². The van der Waals surface area contributed by atoms with E-state index in [9.17, 15) is 4.79 Å². The Kier molecular flexibility index (Phi) is 5.21. The lowest BCUT2D eigenvalue weighted by molar-refractivity contribution is -0.117. The van der Waals surface area contributed by atoms with Crippen LogP contribution in [0.4, 0.5) is 5.69 Å². The summed E-state index contributed by atoms with van der Waals surface area (Å²) in [4.78, 5) is 11.7. The number of rotatable bonds is 4. The zero-order chi connectivity index (χ0) is 12.1. The lowest BCUT2D eigenvalue weighted by Crippen LogP contribution is -2.35. The maximum absolute atomic E-state index is 11.7. The van der Waals surface area contributed by atoms with Crippen LogP contribution in [0.1, 0.15) is 25.3 Å². The van der Waals surface area contributed by atoms with Crippen molar-refractivity contribution in [2.24, 2.45) is 5.73 Å². The van der Waals surface area contributed by atoms with Crippen LogP contribution in [0.2, 0.25) is 0 Å². The summed E-state index contributed by atoms with van der Waals surface area (Å²) in [5.41, 5.74) is 7.65. The van der Waals surface area contributed by atoms with Gasteiger partial charge in [-0.2, -0.15) is 0 Å². The van der Waals surface area contributed by atoms with E-state index in [4.69, 9.17) is 5.73 Å². The molecule has 0 saturated carbocycles. The van der Waals surface area contributed by atoms with Crippen molar-refractivity contribution in [3.63, 3.8) is 0 Å². The third kappa shape index (κ3) is 3.75. The summed E-state index contributed by atoms with van der Waals surface area (Å²) in [6.45, 7) is 3.99. The molecule has 0 aromatic heterocycles. The Morgan fingerprint density at radius 3 is 2.81 bits per heavy atom. The molecule has 0 bridgehead atoms. The van der Waals surface area contributed by atoms with Gasteiger partial charge < -0.3 is 11.1 Å². The van der Waals surface area contributed by atoms with Gasteiger partial charge >= 0.3 is 0 Å². The van der Waals surface area contributed by atoms with E-state index in [2.05, 4.69) is 27.9 Å². The highest BCUT2D eigenvalue weighted by Crippen LogP contribution is 2.17. The molecule has 3 nitrogen and oxygen atoms in total. The van der Waals surface area contributed by atoms with Gasteiger partial charge in [0.1, 0.15) is 0 Å². The normalized spacial score (nSPS) is 12.2. The molecule has 0 aliphatic rings. The van der Waals surface area contributed by atoms with Crippen molar-refractivity contribution in [3.05, 3.63) is 27.3 Å². The number of nitrogens with two attached hydrogens (primary N) is 1. The minimum atomic E-state index is -0.413. The summed E-state index contributed by atoms with van der Waals surface area (Å²) < 4.78 is 1.16. The molecule has 16 heavy (non-hydrogen) atoms. The molecule has 3 N–H and O–H groups in total. The van der Waals surface area contributed by atoms with Gasteiger partial charge in [0.05, 0.1) is 6.04 Å². The van der Waals surface area contributed by atoms with E-state index in [1.54, 1.807) is 0 Å². The summed E-state index contributed by atoms with van der Waals surface area (Å²) >= 11 is 2.25. The number of halogens is 1. The monoisotopic (exact) mass is 332 g/mol. The molecule has 0 radical (unpaired) electrons. The molecule has 1 unspecified atom stereocenters. The first-order valence-electron chi connectivity index (χ1n) is 5.37. The first-order valence-corrected chi connectivity index (χ1v) is 6.45. The van der Waals surface area contributed by atoms with E-state index >= 15 is 0 Å². The van der Waals surface area contributed by atoms with Gasteiger partial charge in [-0.15, -0.1) is 0 Å². The van der Waals surface area contributed by atoms with Crippen LogP contribution in [0.5, 0.6) is 0 Å². The summed E-state index contributed by atoms with van der Waals surface area (Å²) in [7, 11) is 0. The van der Waals surface area contributed by atoms with E-state index in [0.717, 1.165) is 27.7 Å². The minimum Gasteiger partial charge on any atom is -0.324 e. The zero-order valence-corrected chi connectivity index (χ0v) is 11.7. The third-order valence-corrected chi connectivity index (χ3v) is 3.05. The molecule has 0 aliphatic heterocycles. The smallest absolute Gasteiger partial charge is 0.241 e. The van der Waals surface area contributed by atoms with Gasteiger partial charge in [-0.3, -0.25) is 4.79 Å². The Hall–Kier alpha value is -0.620. The molecule has 4 heteroatoms. The van der Waals surface area contributed by atoms with Gasteiger partial charge in [0.2, 0.25) is 5.91 Å². The van der Waals surface area contributed by atoms with Crippen molar-refractivity contribution in [2.75, 3.05) is 5.32 Å². The van der Waals surface area contributed by atoms with Gasteiger partial charge in [0, 0.05) is 9.26 Å². The van der Waals surface area contributed by atoms with Crippen LogP contribution in [0.15, 0.2) is 18.2 Å². The fourth-order valence-corrected chi connectivity index (χ4v) is 2.08. The number of hydrogen-bond donors (Lipinski definition) is 2. The van der Waals surface area contributed by atoms with E-state index in [1.165, 1.54) is 0 Å². The Balaban J connectivity index is 2.69. The van der Waals surface area contributed by atoms with Crippen LogP contribution in [0.3, 0.4) is 0 Å². The second-order valence-corrected chi connectivity index (χ2v) is 5.09. The molecule has 88 valence electrons. The van der Waals surface area contributed by atoms with Crippen LogP contribution >= 0.6 is 22.6 Å². The van der Waals surface area contributed by atoms with Crippen molar-refractivity contribution in [2.45, 2.75) is 32.7 Å². The summed E-state index contributed by atoms with van der Waals surface area (Å²) in [6.07, 6.45) is 1.63. The number of anilines is 1. The highest BCUT2D eigenvalue weighted by Gasteiger charge is 2.12. The van der Waals surface area contributed by atoms with Crippen LogP contribution < -0.4 is 11.1 Å². The van der Waals surface area contributed by atoms with Crippen molar-refractivity contribution in [1.29, 1.82) is 0 Å². The highest BCUT2D eigenvalue weighted by molar-refractivity contribution is 14.1. The van der Waals surface area contributed by atoms with Crippen LogP contribution in [-0.2, 0) is 4.79 Å². The summed E-state index contributed by atoms with van der Waals surface area (Å²) in [6, 6.07) is 5.49. The molecule has 0 heterocycles. The molecule has 1 aromatic carbocycles. The molecule has 1 rings (SSSR count). The molecule has 1 aromatic rings. The molecule has 1 amide bonds. The van der Waals surface area contributed by atoms with Gasteiger partial charge in [0.25, 0.3) is 0 Å². The summed E-state index contributed by atoms with van der Waals surface area (Å²) in [5.74, 6) is -0.105. The maximum Gasteiger partial charge on any atom is 0.241 e. The molecular weight excluding hydrogens is 315 g/mol. The number of hydrogen-bond acceptors (Lipinski definition) is 2. The summed E-state index contributed by atoms with van der Waals surface area (Å²) in [5, 5.41) is 2.85. The van der Waals surface area contributed by atoms with Gasteiger partial charge in [0.15, 0.2) is 0 Å². The fraction of sp³-hybridized carbons (Fsp3) is 0.417. The van der Waals surface area contributed by atoms with Crippen LogP contribution in [0.25, 0.3) is 0 Å². The van der Waals surface area contributed by atoms with Crippen molar-refractivity contribution >= 4 is 34.2 Å². The zero-order valence-electron chi connectivity index (χ0n) is 9.59. The predicted octanol–water partition coefficient (Wildman–Crippen LogP) is 2.67. The highest BCUT2D eigenvalue weighted by atomic mass is 127. The van der Waals surface area contributed by atoms with Crippen LogP contribution in [0, 0.1) is 10.5 Å². The molecule has 0 spiro atoms. The molecular formula is C12H17IN2O. The van der Waals surface area contributed by atoms with E-state index in [0.29, 0.717) is 0 Å². The van der Waals surface area contributed by atoms with Crippen molar-refractivity contribution in [1.82, 2.24) is 0 Å². The maximum atomic E-state index is 11.7. The number of nitrogens with one attached hydrogen (secondary N) is 1. The Labute approximate surface area is 110 Å². The molecule has 0 saturated heterocycles. The number of carbonyl (C=O) groups is 1. The van der Waals surface area contributed by atoms with E-state index in [1.807, 2.05) is 32.0 Å². The first-order chi connectivity index (χ1) is 7.54. The lowest BCUT2D eigenvalue weighted by Gasteiger charge is -2.13. The number of carbonyl (C=O) groups excluding carboxylic acids is 1. The van der Waals surface area contributed by atoms with E-state index < -0.39 is 6.04 Å². The lowest BCUT2D eigenvalue weighted by atomic mass is 10.1. The second kappa shape index (κ2) is 6.20. The van der Waals surface area contributed by atoms with Crippen molar-refractivity contribution < 1.29 is 4.79 Å². The number of aryl methyl sites for hydroxylation is 1. The Morgan fingerprint density at radius 1 is 1.56 bits per heavy atom. The largest absolute Gasteiger partial charge is 0.324 e. The van der Waals surface area contributed by atoms with E-state index in [-0.39, 0.29) is 5.91 Å². The van der Waals surface area contributed by atoms with Gasteiger partial charge in [-0.05, 0) is 59.7 Å². The SMILES string of the molecule is CCCC(N)C(=O)Nc1ccc(I)cc1C. The first kappa shape index (κ1) is 13.4. The number of benzene rings is 1. The third-order valence-electron chi connectivity index (χ3n) is 2.38. The Bertz CT molecular complexity index is 379. The Morgan fingerprint density at radius 2 is 2.25 bits per heavy atom. The molecule has 0 aliphatic carbocycles. The predicted molar refractivity (Wildman–Crippen MR) is 75.4 cm³/mol.